The van der Waals surface area contributed by atoms with E-state index in [1.54, 1.807) is 49.6 Å². The van der Waals surface area contributed by atoms with Crippen molar-refractivity contribution in [3.05, 3.63) is 83.9 Å². The molecule has 0 unspecified atom stereocenters. The Labute approximate surface area is 198 Å². The number of hydrogen-bond acceptors (Lipinski definition) is 6. The third-order valence-electron chi connectivity index (χ3n) is 4.60. The quantitative estimate of drug-likeness (QED) is 0.254. The highest BCUT2D eigenvalue weighted by molar-refractivity contribution is 6.03. The number of hydrogen-bond donors (Lipinski definition) is 2. The molecule has 0 radical (unpaired) electrons. The van der Waals surface area contributed by atoms with E-state index in [9.17, 15) is 9.59 Å². The van der Waals surface area contributed by atoms with Crippen LogP contribution < -0.4 is 25.0 Å². The van der Waals surface area contributed by atoms with E-state index >= 15 is 0 Å². The van der Waals surface area contributed by atoms with Crippen LogP contribution in [0.4, 0.5) is 5.69 Å². The Morgan fingerprint density at radius 2 is 1.68 bits per heavy atom. The maximum Gasteiger partial charge on any atom is 0.249 e. The van der Waals surface area contributed by atoms with Crippen LogP contribution in [-0.2, 0) is 16.2 Å². The predicted molar refractivity (Wildman–Crippen MR) is 130 cm³/mol. The van der Waals surface area contributed by atoms with Crippen LogP contribution in [0.25, 0.3) is 0 Å². The number of carbonyl (C=O) groups is 2. The molecule has 3 rings (SSSR count). The molecule has 0 heterocycles. The molecule has 8 nitrogen and oxygen atoms in total. The van der Waals surface area contributed by atoms with E-state index in [-0.39, 0.29) is 6.42 Å². The van der Waals surface area contributed by atoms with Crippen LogP contribution in [0, 0.1) is 0 Å². The van der Waals surface area contributed by atoms with Crippen molar-refractivity contribution < 1.29 is 23.8 Å². The van der Waals surface area contributed by atoms with Crippen LogP contribution in [0.15, 0.2) is 77.9 Å². The highest BCUT2D eigenvalue weighted by Crippen LogP contribution is 2.29. The summed E-state index contributed by atoms with van der Waals surface area (Å²) in [6.07, 6.45) is 1.11. The van der Waals surface area contributed by atoms with Gasteiger partial charge in [-0.3, -0.25) is 9.59 Å². The third-order valence-corrected chi connectivity index (χ3v) is 4.60. The minimum Gasteiger partial charge on any atom is -0.497 e. The van der Waals surface area contributed by atoms with Gasteiger partial charge in [0.2, 0.25) is 11.8 Å². The standard InChI is InChI=1S/C26H27N3O5/c1-3-33-24-15-20(9-14-23(24)34-18-19-7-5-4-6-8-19)17-27-29-26(31)16-25(30)28-21-10-12-22(32-2)13-11-21/h4-15,17H,3,16,18H2,1-2H3,(H,28,30)(H,29,31). The fourth-order valence-electron chi connectivity index (χ4n) is 2.97. The number of hydrazone groups is 1. The van der Waals surface area contributed by atoms with E-state index in [1.165, 1.54) is 6.21 Å². The van der Waals surface area contributed by atoms with Crippen LogP contribution in [0.1, 0.15) is 24.5 Å². The van der Waals surface area contributed by atoms with Gasteiger partial charge in [-0.2, -0.15) is 5.10 Å². The number of anilines is 1. The van der Waals surface area contributed by atoms with Crippen molar-refractivity contribution in [3.63, 3.8) is 0 Å². The van der Waals surface area contributed by atoms with Crippen LogP contribution >= 0.6 is 0 Å². The summed E-state index contributed by atoms with van der Waals surface area (Å²) in [4.78, 5) is 24.1. The third kappa shape index (κ3) is 7.67. The molecule has 0 saturated carbocycles. The topological polar surface area (TPSA) is 98.2 Å². The summed E-state index contributed by atoms with van der Waals surface area (Å²) in [5, 5.41) is 6.58. The van der Waals surface area contributed by atoms with Crippen LogP contribution in [0.5, 0.6) is 17.2 Å². The first-order valence-corrected chi connectivity index (χ1v) is 10.8. The van der Waals surface area contributed by atoms with Gasteiger partial charge in [0.15, 0.2) is 11.5 Å². The zero-order chi connectivity index (χ0) is 24.2. The largest absolute Gasteiger partial charge is 0.497 e. The van der Waals surface area contributed by atoms with E-state index in [4.69, 9.17) is 14.2 Å². The molecule has 8 heteroatoms. The van der Waals surface area contributed by atoms with Crippen LogP contribution in [0.2, 0.25) is 0 Å². The van der Waals surface area contributed by atoms with Crippen molar-refractivity contribution in [1.82, 2.24) is 5.43 Å². The maximum absolute atomic E-state index is 12.0. The minimum atomic E-state index is -0.532. The van der Waals surface area contributed by atoms with Gasteiger partial charge < -0.3 is 19.5 Å². The second-order valence-electron chi connectivity index (χ2n) is 7.16. The Hall–Kier alpha value is -4.33. The van der Waals surface area contributed by atoms with E-state index in [1.807, 2.05) is 37.3 Å². The van der Waals surface area contributed by atoms with Gasteiger partial charge in [-0.1, -0.05) is 30.3 Å². The summed E-state index contributed by atoms with van der Waals surface area (Å²) >= 11 is 0. The van der Waals surface area contributed by atoms with Gasteiger partial charge in [0.1, 0.15) is 18.8 Å². The molecule has 176 valence electrons. The lowest BCUT2D eigenvalue weighted by atomic mass is 10.2. The first-order chi connectivity index (χ1) is 16.6. The van der Waals surface area contributed by atoms with Crippen LogP contribution in [-0.4, -0.2) is 31.7 Å². The molecule has 0 atom stereocenters. The Morgan fingerprint density at radius 3 is 2.38 bits per heavy atom. The lowest BCUT2D eigenvalue weighted by Gasteiger charge is -2.12. The number of methoxy groups -OCH3 is 1. The Kier molecular flexibility index (Phi) is 9.04. The molecule has 0 aliphatic heterocycles. The summed E-state index contributed by atoms with van der Waals surface area (Å²) in [6.45, 7) is 2.78. The number of nitrogens with one attached hydrogen (secondary N) is 2. The molecule has 0 aliphatic carbocycles. The number of rotatable bonds is 11. The fraction of sp³-hybridized carbons (Fsp3) is 0.192. The number of ether oxygens (including phenoxy) is 3. The molecular formula is C26H27N3O5. The number of amides is 2. The van der Waals surface area contributed by atoms with Crippen molar-refractivity contribution in [2.75, 3.05) is 19.0 Å². The van der Waals surface area contributed by atoms with Crippen molar-refractivity contribution in [2.24, 2.45) is 5.10 Å². The molecular weight excluding hydrogens is 434 g/mol. The molecule has 0 saturated heterocycles. The SMILES string of the molecule is CCOc1cc(C=NNC(=O)CC(=O)Nc2ccc(OC)cc2)ccc1OCc1ccccc1. The minimum absolute atomic E-state index is 0.361. The highest BCUT2D eigenvalue weighted by Gasteiger charge is 2.10. The summed E-state index contributed by atoms with van der Waals surface area (Å²) in [5.74, 6) is 0.884. The molecule has 0 aliphatic rings. The molecule has 2 amide bonds. The zero-order valence-electron chi connectivity index (χ0n) is 19.1. The highest BCUT2D eigenvalue weighted by atomic mass is 16.5. The maximum atomic E-state index is 12.0. The molecule has 0 aromatic heterocycles. The van der Waals surface area contributed by atoms with Crippen LogP contribution in [0.3, 0.4) is 0 Å². The molecule has 3 aromatic carbocycles. The van der Waals surface area contributed by atoms with E-state index in [0.717, 1.165) is 5.56 Å². The van der Waals surface area contributed by atoms with Gasteiger partial charge in [-0.15, -0.1) is 0 Å². The normalized spacial score (nSPS) is 10.5. The van der Waals surface area contributed by atoms with E-state index in [0.29, 0.717) is 41.7 Å². The summed E-state index contributed by atoms with van der Waals surface area (Å²) in [7, 11) is 1.56. The fourth-order valence-corrected chi connectivity index (χ4v) is 2.97. The van der Waals surface area contributed by atoms with E-state index < -0.39 is 11.8 Å². The molecule has 0 fully saturated rings. The van der Waals surface area contributed by atoms with Gasteiger partial charge >= 0.3 is 0 Å². The lowest BCUT2D eigenvalue weighted by Crippen LogP contribution is -2.24. The average Bonchev–Trinajstić information content (AvgIpc) is 2.85. The molecule has 2 N–H and O–H groups in total. The van der Waals surface area contributed by atoms with Gasteiger partial charge in [-0.05, 0) is 60.5 Å². The predicted octanol–water partition coefficient (Wildman–Crippen LogP) is 4.15. The first-order valence-electron chi connectivity index (χ1n) is 10.8. The Morgan fingerprint density at radius 1 is 0.912 bits per heavy atom. The average molecular weight is 462 g/mol. The summed E-state index contributed by atoms with van der Waals surface area (Å²) in [5.41, 5.74) is 4.68. The number of nitrogens with zero attached hydrogens (tertiary/aromatic N) is 1. The van der Waals surface area contributed by atoms with Crippen molar-refractivity contribution in [3.8, 4) is 17.2 Å². The summed E-state index contributed by atoms with van der Waals surface area (Å²) < 4.78 is 16.6. The Bertz CT molecular complexity index is 1120. The smallest absolute Gasteiger partial charge is 0.249 e. The van der Waals surface area contributed by atoms with Gasteiger partial charge in [0, 0.05) is 5.69 Å². The van der Waals surface area contributed by atoms with Crippen molar-refractivity contribution in [2.45, 2.75) is 20.0 Å². The van der Waals surface area contributed by atoms with Gasteiger partial charge in [-0.25, -0.2) is 5.43 Å². The van der Waals surface area contributed by atoms with Gasteiger partial charge in [0.25, 0.3) is 0 Å². The monoisotopic (exact) mass is 461 g/mol. The number of benzene rings is 3. The molecule has 0 bridgehead atoms. The molecule has 34 heavy (non-hydrogen) atoms. The van der Waals surface area contributed by atoms with Crippen molar-refractivity contribution in [1.29, 1.82) is 0 Å². The molecule has 0 spiro atoms. The Balaban J connectivity index is 1.51. The molecule has 3 aromatic rings. The zero-order valence-corrected chi connectivity index (χ0v) is 19.1. The summed E-state index contributed by atoms with van der Waals surface area (Å²) in [6, 6.07) is 22.0. The second-order valence-corrected chi connectivity index (χ2v) is 7.16. The van der Waals surface area contributed by atoms with E-state index in [2.05, 4.69) is 15.8 Å². The second kappa shape index (κ2) is 12.6. The lowest BCUT2D eigenvalue weighted by molar-refractivity contribution is -0.126. The van der Waals surface area contributed by atoms with Gasteiger partial charge in [0.05, 0.1) is 19.9 Å². The first kappa shape index (κ1) is 24.3. The number of carbonyl (C=O) groups excluding carboxylic acids is 2. The van der Waals surface area contributed by atoms with Crippen molar-refractivity contribution >= 4 is 23.7 Å².